The summed E-state index contributed by atoms with van der Waals surface area (Å²) in [4.78, 5) is 0. The van der Waals surface area contributed by atoms with Crippen LogP contribution < -0.4 is 0 Å². The van der Waals surface area contributed by atoms with Crippen LogP contribution in [0.1, 0.15) is 41.5 Å². The van der Waals surface area contributed by atoms with Crippen LogP contribution >= 0.6 is 0 Å². The van der Waals surface area contributed by atoms with Gasteiger partial charge in [-0.1, -0.05) is 33.1 Å². The molecule has 0 nitrogen and oxygen atoms in total. The normalized spacial score (nSPS) is 9.19. The van der Waals surface area contributed by atoms with Crippen LogP contribution in [0.25, 0.3) is 0 Å². The summed E-state index contributed by atoms with van der Waals surface area (Å²) in [6.07, 6.45) is 1.18. The fourth-order valence-corrected chi connectivity index (χ4v) is 3.08. The zero-order valence-corrected chi connectivity index (χ0v) is 18.4. The van der Waals surface area contributed by atoms with Crippen LogP contribution in [-0.4, -0.2) is 0 Å². The van der Waals surface area contributed by atoms with E-state index in [1.165, 1.54) is 28.7 Å². The summed E-state index contributed by atoms with van der Waals surface area (Å²) < 4.78 is 0. The minimum Gasteiger partial charge on any atom is -0.748 e. The molecule has 0 aliphatic rings. The first kappa shape index (κ1) is 25.4. The van der Waals surface area contributed by atoms with Crippen LogP contribution in [0.5, 0.6) is 0 Å². The average molecular weight is 440 g/mol. The second-order valence-electron chi connectivity index (χ2n) is 6.21. The maximum absolute atomic E-state index is 2.27. The third kappa shape index (κ3) is 8.33. The van der Waals surface area contributed by atoms with Crippen LogP contribution in [-0.2, 0) is 34.1 Å². The Kier molecular flexibility index (Phi) is 13.7. The number of hydrogen-bond donors (Lipinski definition) is 0. The predicted octanol–water partition coefficient (Wildman–Crippen LogP) is 7.09. The quantitative estimate of drug-likeness (QED) is 0.236. The molecule has 0 bridgehead atoms. The SMILES string of the molecule is CCC([c-]1cccc1C)[c-]1cccc1C.[Fe].[Fe].[cH-]1[cH-][cH-][cH-][cH-]1.c1cc[cH-]c1. The van der Waals surface area contributed by atoms with E-state index in [4.69, 9.17) is 0 Å². The smallest absolute Gasteiger partial charge is 0 e. The van der Waals surface area contributed by atoms with E-state index in [0.717, 1.165) is 0 Å². The van der Waals surface area contributed by atoms with E-state index in [1.54, 1.807) is 0 Å². The molecular weight excluding hydrogens is 412 g/mol. The Morgan fingerprint density at radius 1 is 0.741 bits per heavy atom. The number of rotatable bonds is 3. The first-order valence-corrected chi connectivity index (χ1v) is 9.01. The summed E-state index contributed by atoms with van der Waals surface area (Å²) in [5.74, 6) is 0.579. The molecule has 4 aromatic rings. The van der Waals surface area contributed by atoms with Crippen molar-refractivity contribution < 1.29 is 34.1 Å². The standard InChI is InChI=1S/C15H18.2C5H5.2Fe/c1-4-13(14-9-5-7-11(14)2)15-10-6-8-12(15)3;2*1-2-4-5-3-1;;/h5-10,13H,4H2,1-3H3;2*1-5H;;/q-2;-5;-1;;. The van der Waals surface area contributed by atoms with Gasteiger partial charge in [0.25, 0.3) is 0 Å². The third-order valence-corrected chi connectivity index (χ3v) is 4.42. The van der Waals surface area contributed by atoms with Crippen molar-refractivity contribution >= 4 is 0 Å². The zero-order chi connectivity index (χ0) is 17.9. The second-order valence-corrected chi connectivity index (χ2v) is 6.21. The minimum atomic E-state index is 0. The van der Waals surface area contributed by atoms with Gasteiger partial charge in [0.1, 0.15) is 0 Å². The molecular formula is C25H28Fe2-8. The average Bonchev–Trinajstić information content (AvgIpc) is 3.42. The van der Waals surface area contributed by atoms with Crippen molar-refractivity contribution in [1.29, 1.82) is 0 Å². The Bertz CT molecular complexity index is 669. The van der Waals surface area contributed by atoms with Gasteiger partial charge in [0.2, 0.25) is 0 Å². The van der Waals surface area contributed by atoms with E-state index < -0.39 is 0 Å². The molecule has 0 amide bonds. The Morgan fingerprint density at radius 3 is 1.37 bits per heavy atom. The van der Waals surface area contributed by atoms with Gasteiger partial charge in [-0.15, -0.1) is 0 Å². The molecule has 0 fully saturated rings. The minimum absolute atomic E-state index is 0. The molecule has 0 aliphatic carbocycles. The molecule has 4 aromatic carbocycles. The van der Waals surface area contributed by atoms with E-state index >= 15 is 0 Å². The van der Waals surface area contributed by atoms with Crippen molar-refractivity contribution in [2.24, 2.45) is 0 Å². The first-order valence-electron chi connectivity index (χ1n) is 9.01. The van der Waals surface area contributed by atoms with E-state index in [2.05, 4.69) is 57.2 Å². The van der Waals surface area contributed by atoms with E-state index in [9.17, 15) is 0 Å². The van der Waals surface area contributed by atoms with Crippen molar-refractivity contribution in [1.82, 2.24) is 0 Å². The Balaban J connectivity index is 0.000000465. The first-order chi connectivity index (χ1) is 12.2. The summed E-state index contributed by atoms with van der Waals surface area (Å²) in [6, 6.07) is 33.2. The Labute approximate surface area is 186 Å². The van der Waals surface area contributed by atoms with Gasteiger partial charge in [-0.05, 0) is 0 Å². The van der Waals surface area contributed by atoms with Gasteiger partial charge < -0.3 is 30.3 Å². The fraction of sp³-hybridized carbons (Fsp3) is 0.200. The van der Waals surface area contributed by atoms with Gasteiger partial charge in [-0.2, -0.15) is 52.6 Å². The van der Waals surface area contributed by atoms with Gasteiger partial charge in [-0.25, -0.2) is 36.4 Å². The molecule has 0 atom stereocenters. The molecule has 0 heterocycles. The van der Waals surface area contributed by atoms with Crippen LogP contribution in [0.4, 0.5) is 0 Å². The summed E-state index contributed by atoms with van der Waals surface area (Å²) in [6.45, 7) is 6.68. The van der Waals surface area contributed by atoms with Crippen LogP contribution in [0.3, 0.4) is 0 Å². The zero-order valence-electron chi connectivity index (χ0n) is 16.2. The van der Waals surface area contributed by atoms with Crippen molar-refractivity contribution in [2.45, 2.75) is 33.1 Å². The maximum Gasteiger partial charge on any atom is 0 e. The van der Waals surface area contributed by atoms with Crippen molar-refractivity contribution in [2.75, 3.05) is 0 Å². The molecule has 0 unspecified atom stereocenters. The molecule has 0 aromatic heterocycles. The topological polar surface area (TPSA) is 0 Å². The van der Waals surface area contributed by atoms with Gasteiger partial charge in [0, 0.05) is 34.1 Å². The van der Waals surface area contributed by atoms with Gasteiger partial charge >= 0.3 is 0 Å². The molecule has 0 saturated heterocycles. The maximum atomic E-state index is 2.27. The largest absolute Gasteiger partial charge is 0.748 e. The molecule has 0 radical (unpaired) electrons. The van der Waals surface area contributed by atoms with Gasteiger partial charge in [0.15, 0.2) is 0 Å². The monoisotopic (exact) mass is 440 g/mol. The molecule has 27 heavy (non-hydrogen) atoms. The molecule has 0 N–H and O–H groups in total. The molecule has 0 saturated carbocycles. The van der Waals surface area contributed by atoms with Crippen LogP contribution in [0.15, 0.2) is 97.1 Å². The molecule has 0 aliphatic heterocycles. The van der Waals surface area contributed by atoms with Crippen LogP contribution in [0, 0.1) is 13.8 Å². The fourth-order valence-electron chi connectivity index (χ4n) is 3.08. The molecule has 0 spiro atoms. The molecule has 152 valence electrons. The van der Waals surface area contributed by atoms with E-state index in [-0.39, 0.29) is 34.1 Å². The third-order valence-electron chi connectivity index (χ3n) is 4.42. The summed E-state index contributed by atoms with van der Waals surface area (Å²) in [5.41, 5.74) is 5.82. The summed E-state index contributed by atoms with van der Waals surface area (Å²) >= 11 is 0. The van der Waals surface area contributed by atoms with Crippen molar-refractivity contribution in [3.63, 3.8) is 0 Å². The summed E-state index contributed by atoms with van der Waals surface area (Å²) in [5, 5.41) is 0. The Morgan fingerprint density at radius 2 is 1.15 bits per heavy atom. The van der Waals surface area contributed by atoms with Crippen molar-refractivity contribution in [3.8, 4) is 0 Å². The molecule has 4 rings (SSSR count). The predicted molar refractivity (Wildman–Crippen MR) is 110 cm³/mol. The molecule has 2 heteroatoms. The van der Waals surface area contributed by atoms with Gasteiger partial charge in [0.05, 0.1) is 0 Å². The van der Waals surface area contributed by atoms with Crippen molar-refractivity contribution in [3.05, 3.63) is 119 Å². The van der Waals surface area contributed by atoms with E-state index in [1.807, 2.05) is 60.7 Å². The van der Waals surface area contributed by atoms with Gasteiger partial charge in [-0.3, -0.25) is 0 Å². The summed E-state index contributed by atoms with van der Waals surface area (Å²) in [7, 11) is 0. The van der Waals surface area contributed by atoms with Crippen LogP contribution in [0.2, 0.25) is 0 Å². The van der Waals surface area contributed by atoms with E-state index in [0.29, 0.717) is 5.92 Å². The second kappa shape index (κ2) is 14.5. The number of aryl methyl sites for hydroxylation is 2. The Hall–Kier alpha value is -1.56. The number of hydrogen-bond acceptors (Lipinski definition) is 0.